The number of nitrogen functional groups attached to an aromatic ring is 1. The van der Waals surface area contributed by atoms with Crippen LogP contribution < -0.4 is 37.9 Å². The Kier molecular flexibility index (Phi) is 16.8. The normalized spacial score (nSPS) is 32.4. The maximum atomic E-state index is 13.6. The van der Waals surface area contributed by atoms with Gasteiger partial charge in [-0.1, -0.05) is 0 Å². The Morgan fingerprint density at radius 1 is 0.889 bits per heavy atom. The number of imidazole rings is 1. The van der Waals surface area contributed by atoms with Crippen LogP contribution in [0.15, 0.2) is 11.1 Å². The zero-order valence-electron chi connectivity index (χ0n) is 34.0. The molecule has 352 valence electrons. The van der Waals surface area contributed by atoms with E-state index in [9.17, 15) is 69.6 Å². The largest absolute Gasteiger partial charge is 0.394 e. The molecule has 63 heavy (non-hydrogen) atoms. The highest BCUT2D eigenvalue weighted by Gasteiger charge is 2.47. The molecule has 3 aliphatic heterocycles. The van der Waals surface area contributed by atoms with Crippen molar-refractivity contribution in [3.63, 3.8) is 0 Å². The number of carbonyl (C=O) groups excluding carboxylic acids is 5. The van der Waals surface area contributed by atoms with Crippen molar-refractivity contribution >= 4 is 46.6 Å². The molecule has 0 spiro atoms. The first-order valence-electron chi connectivity index (χ1n) is 19.9. The highest BCUT2D eigenvalue weighted by molar-refractivity contribution is 5.88. The number of amides is 5. The monoisotopic (exact) mass is 902 g/mol. The number of fused-ring (bicyclic) bond motifs is 1. The van der Waals surface area contributed by atoms with E-state index in [0.29, 0.717) is 0 Å². The molecule has 15 atom stereocenters. The summed E-state index contributed by atoms with van der Waals surface area (Å²) in [6.45, 7) is 0.0552. The van der Waals surface area contributed by atoms with Crippen molar-refractivity contribution < 1.29 is 83.8 Å². The number of nitrogens with zero attached hydrogens (tertiary/aromatic N) is 3. The van der Waals surface area contributed by atoms with Crippen molar-refractivity contribution in [3.05, 3.63) is 16.7 Å². The van der Waals surface area contributed by atoms with Crippen LogP contribution in [0.1, 0.15) is 39.3 Å². The number of ether oxygens (including phenoxy) is 4. The number of nitrogens with one attached hydrogen (secondary N) is 6. The van der Waals surface area contributed by atoms with Crippen molar-refractivity contribution in [3.8, 4) is 0 Å². The lowest BCUT2D eigenvalue weighted by atomic mass is 9.95. The minimum atomic E-state index is -1.74. The molecule has 0 bridgehead atoms. The molecule has 5 heterocycles. The van der Waals surface area contributed by atoms with Crippen molar-refractivity contribution in [2.24, 2.45) is 0 Å². The second kappa shape index (κ2) is 21.6. The van der Waals surface area contributed by atoms with Crippen LogP contribution in [0, 0.1) is 0 Å². The first-order valence-corrected chi connectivity index (χ1v) is 19.9. The number of H-pyrrole nitrogens is 1. The molecule has 0 radical (unpaired) electrons. The molecule has 3 saturated heterocycles. The second-order valence-electron chi connectivity index (χ2n) is 15.2. The number of hydrogen-bond donors (Lipinski definition) is 15. The van der Waals surface area contributed by atoms with Gasteiger partial charge in [0.05, 0.1) is 25.6 Å². The Balaban J connectivity index is 1.17. The third-order valence-corrected chi connectivity index (χ3v) is 10.6. The van der Waals surface area contributed by atoms with Gasteiger partial charge in [0.25, 0.3) is 11.5 Å². The molecule has 0 unspecified atom stereocenters. The number of aliphatic hydroxyl groups is 8. The Morgan fingerprint density at radius 2 is 1.60 bits per heavy atom. The zero-order chi connectivity index (χ0) is 46.3. The van der Waals surface area contributed by atoms with Crippen molar-refractivity contribution in [1.82, 2.24) is 46.1 Å². The molecule has 28 heteroatoms. The van der Waals surface area contributed by atoms with E-state index in [4.69, 9.17) is 24.7 Å². The Morgan fingerprint density at radius 3 is 2.30 bits per heavy atom. The molecule has 16 N–H and O–H groups in total. The standard InChI is InChI=1S/C35H54N10O18/c1-12-21(50)25(54)26(55)28(61-12)32(59)39-8-17(48)37-6-4-3-5-14(42-18(49)10-60-34-19(41-13(2)47)24(53)23(52)16(9-46)63-34)30(57)38-7-15-22(51)27(56)33(62-15)45-11-40-20-29(45)43-35(36)44-31(20)58/h11-12,14-16,19,21-28,33-34,46,50-56H,3-10H2,1-2H3,(H,37,48)(H,38,57)(H,39,59)(H,41,47)(H,42,49)(H3,36,43,44,58)/t12-,14-,15+,16+,19+,21+,22+,23+,24+,25+,26-,27+,28-,33+,34+/m0/s1. The number of hydrogen-bond acceptors (Lipinski definition) is 21. The van der Waals surface area contributed by atoms with E-state index in [1.54, 1.807) is 0 Å². The molecule has 28 nitrogen and oxygen atoms in total. The molecule has 2 aromatic rings. The summed E-state index contributed by atoms with van der Waals surface area (Å²) < 4.78 is 23.3. The number of unbranched alkanes of at least 4 members (excludes halogenated alkanes) is 1. The van der Waals surface area contributed by atoms with Gasteiger partial charge in [-0.05, 0) is 26.2 Å². The number of aromatic amines is 1. The summed E-state index contributed by atoms with van der Waals surface area (Å²) in [6, 6.07) is -2.67. The minimum Gasteiger partial charge on any atom is -0.394 e. The molecule has 5 amide bonds. The molecule has 3 fully saturated rings. The smallest absolute Gasteiger partial charge is 0.280 e. The first kappa shape index (κ1) is 49.0. The fourth-order valence-corrected chi connectivity index (χ4v) is 7.16. The van der Waals surface area contributed by atoms with E-state index in [2.05, 4.69) is 41.5 Å². The van der Waals surface area contributed by atoms with Crippen LogP contribution in [0.2, 0.25) is 0 Å². The Hall–Kier alpha value is -4.98. The molecule has 5 rings (SSSR count). The lowest BCUT2D eigenvalue weighted by Gasteiger charge is -2.42. The van der Waals surface area contributed by atoms with Gasteiger partial charge in [0.15, 0.2) is 29.8 Å². The number of aromatic nitrogens is 4. The van der Waals surface area contributed by atoms with Gasteiger partial charge in [-0.3, -0.25) is 38.3 Å². The molecule has 2 aromatic heterocycles. The van der Waals surface area contributed by atoms with Gasteiger partial charge in [0, 0.05) is 20.0 Å². The summed E-state index contributed by atoms with van der Waals surface area (Å²) in [7, 11) is 0. The van der Waals surface area contributed by atoms with E-state index in [-0.39, 0.29) is 42.9 Å². The van der Waals surface area contributed by atoms with Crippen molar-refractivity contribution in [2.75, 3.05) is 38.6 Å². The van der Waals surface area contributed by atoms with Crippen molar-refractivity contribution in [1.29, 1.82) is 0 Å². The predicted molar refractivity (Wildman–Crippen MR) is 207 cm³/mol. The predicted octanol–water partition coefficient (Wildman–Crippen LogP) is -8.85. The summed E-state index contributed by atoms with van der Waals surface area (Å²) >= 11 is 0. The maximum absolute atomic E-state index is 13.6. The summed E-state index contributed by atoms with van der Waals surface area (Å²) in [4.78, 5) is 86.1. The maximum Gasteiger partial charge on any atom is 0.280 e. The lowest BCUT2D eigenvalue weighted by molar-refractivity contribution is -0.268. The van der Waals surface area contributed by atoms with E-state index >= 15 is 0 Å². The topological polar surface area (TPSA) is 434 Å². The summed E-state index contributed by atoms with van der Waals surface area (Å²) in [5.41, 5.74) is 4.84. The molecular weight excluding hydrogens is 848 g/mol. The zero-order valence-corrected chi connectivity index (χ0v) is 34.0. The summed E-state index contributed by atoms with van der Waals surface area (Å²) in [5.74, 6) is -4.11. The lowest BCUT2D eigenvalue weighted by Crippen LogP contribution is -2.64. The number of carbonyl (C=O) groups is 5. The third kappa shape index (κ3) is 11.8. The van der Waals surface area contributed by atoms with Gasteiger partial charge in [-0.25, -0.2) is 4.98 Å². The van der Waals surface area contributed by atoms with Crippen LogP contribution in [0.4, 0.5) is 5.95 Å². The van der Waals surface area contributed by atoms with Gasteiger partial charge >= 0.3 is 0 Å². The van der Waals surface area contributed by atoms with Crippen LogP contribution in [-0.2, 0) is 42.9 Å². The first-order chi connectivity index (χ1) is 29.8. The summed E-state index contributed by atoms with van der Waals surface area (Å²) in [5, 5.41) is 94.2. The quantitative estimate of drug-likeness (QED) is 0.0618. The minimum absolute atomic E-state index is 0.0328. The van der Waals surface area contributed by atoms with Gasteiger partial charge in [0.1, 0.15) is 73.6 Å². The Bertz CT molecular complexity index is 1990. The van der Waals surface area contributed by atoms with E-state index in [1.165, 1.54) is 11.5 Å². The molecular formula is C35H54N10O18. The van der Waals surface area contributed by atoms with E-state index in [1.807, 2.05) is 0 Å². The molecule has 3 aliphatic rings. The third-order valence-electron chi connectivity index (χ3n) is 10.6. The second-order valence-corrected chi connectivity index (χ2v) is 15.2. The van der Waals surface area contributed by atoms with Crippen LogP contribution in [0.3, 0.4) is 0 Å². The molecule has 0 saturated carbocycles. The highest BCUT2D eigenvalue weighted by Crippen LogP contribution is 2.31. The molecule has 0 aliphatic carbocycles. The van der Waals surface area contributed by atoms with Crippen molar-refractivity contribution in [2.45, 2.75) is 125 Å². The molecule has 0 aromatic carbocycles. The number of aliphatic hydroxyl groups excluding tert-OH is 8. The van der Waals surface area contributed by atoms with Gasteiger partial charge in [0.2, 0.25) is 29.6 Å². The van der Waals surface area contributed by atoms with Crippen LogP contribution in [-0.4, -0.2) is 208 Å². The van der Waals surface area contributed by atoms with Crippen LogP contribution in [0.25, 0.3) is 11.2 Å². The Labute approximate surface area is 356 Å². The number of nitrogens with two attached hydrogens (primary N) is 1. The fraction of sp³-hybridized carbons (Fsp3) is 0.714. The SMILES string of the molecule is CC(=O)N[C@H]1[C@H](OCC(=O)N[C@@H](CCCCNC(=O)CNC(=O)[C@H]2O[C@@H](C)[C@@H](O)[C@@H](O)[C@@H]2O)C(=O)NC[C@H]2O[C@@H](n3cnc4c(=O)[nH]c(N)nc43)[C@H](O)[C@@H]2O)O[C@H](CO)[C@@H](O)[C@@H]1O. The van der Waals surface area contributed by atoms with Crippen LogP contribution >= 0.6 is 0 Å². The van der Waals surface area contributed by atoms with Crippen LogP contribution in [0.5, 0.6) is 0 Å². The summed E-state index contributed by atoms with van der Waals surface area (Å²) in [6.07, 6.45) is -17.7. The number of anilines is 1. The average Bonchev–Trinajstić information content (AvgIpc) is 3.79. The average molecular weight is 903 g/mol. The van der Waals surface area contributed by atoms with Gasteiger partial charge in [-0.2, -0.15) is 4.98 Å². The van der Waals surface area contributed by atoms with E-state index < -0.39 is 153 Å². The fourth-order valence-electron chi connectivity index (χ4n) is 7.16. The highest BCUT2D eigenvalue weighted by atomic mass is 16.7. The van der Waals surface area contributed by atoms with Gasteiger partial charge < -0.3 is 92.1 Å². The number of rotatable bonds is 18. The van der Waals surface area contributed by atoms with Gasteiger partial charge in [-0.15, -0.1) is 0 Å². The van der Waals surface area contributed by atoms with E-state index in [0.717, 1.165) is 13.3 Å².